The highest BCUT2D eigenvalue weighted by molar-refractivity contribution is 7.55. The number of hydrogen-bond donors (Lipinski definition) is 2. The summed E-state index contributed by atoms with van der Waals surface area (Å²) >= 11 is 0. The molecule has 2 atom stereocenters. The molecule has 0 spiro atoms. The minimum absolute atomic E-state index is 0.0442. The zero-order valence-corrected chi connectivity index (χ0v) is 17.8. The highest BCUT2D eigenvalue weighted by Crippen LogP contribution is 2.64. The minimum Gasteiger partial charge on any atom is -0.469 e. The van der Waals surface area contributed by atoms with Crippen LogP contribution in [0.3, 0.4) is 0 Å². The van der Waals surface area contributed by atoms with Crippen molar-refractivity contribution >= 4 is 20.0 Å². The number of aromatic nitrogens is 2. The Hall–Kier alpha value is -1.58. The Morgan fingerprint density at radius 2 is 2.21 bits per heavy atom. The van der Waals surface area contributed by atoms with Crippen LogP contribution in [-0.2, 0) is 48.0 Å². The van der Waals surface area contributed by atoms with Crippen molar-refractivity contribution in [1.29, 1.82) is 0 Å². The van der Waals surface area contributed by atoms with E-state index in [1.807, 2.05) is 6.92 Å². The van der Waals surface area contributed by atoms with Crippen LogP contribution in [0.4, 0.5) is 0 Å². The number of methoxy groups -OCH3 is 1. The van der Waals surface area contributed by atoms with E-state index in [1.54, 1.807) is 31.8 Å². The third kappa shape index (κ3) is 5.71. The predicted molar refractivity (Wildman–Crippen MR) is 101 cm³/mol. The molecule has 0 saturated carbocycles. The molecule has 1 unspecified atom stereocenters. The lowest BCUT2D eigenvalue weighted by atomic mass is 9.87. The second-order valence-corrected chi connectivity index (χ2v) is 8.90. The monoisotopic (exact) mass is 418 g/mol. The van der Waals surface area contributed by atoms with Crippen LogP contribution in [0.15, 0.2) is 6.20 Å². The van der Waals surface area contributed by atoms with Crippen molar-refractivity contribution in [2.75, 3.05) is 20.3 Å². The van der Waals surface area contributed by atoms with E-state index in [1.165, 1.54) is 7.11 Å². The fourth-order valence-corrected chi connectivity index (χ4v) is 4.38. The first-order chi connectivity index (χ1) is 13.1. The topological polar surface area (TPSA) is 121 Å². The lowest BCUT2D eigenvalue weighted by molar-refractivity contribution is -0.145. The first-order valence-electron chi connectivity index (χ1n) is 9.05. The standard InChI is InChI=1S/C17H28N3O7P/c1-6-13-12(9-20(4)19-13)10-25-28(23)26-11-17(2,3)15(27-28)16(22)18-8-7-14(21)24-5/h9,15,23H,6-8,10-11H2,1-5H3/p+1/t15-,28?/m0/s1. The molecular weight excluding hydrogens is 389 g/mol. The van der Waals surface area contributed by atoms with Crippen LogP contribution in [0.5, 0.6) is 0 Å². The van der Waals surface area contributed by atoms with Crippen molar-refractivity contribution in [3.8, 4) is 0 Å². The molecule has 158 valence electrons. The molecule has 1 fully saturated rings. The lowest BCUT2D eigenvalue weighted by Gasteiger charge is -2.36. The summed E-state index contributed by atoms with van der Waals surface area (Å²) in [5.74, 6) is -0.877. The lowest BCUT2D eigenvalue weighted by Crippen LogP contribution is -2.50. The third-order valence-electron chi connectivity index (χ3n) is 4.35. The number of aryl methyl sites for hydroxylation is 2. The molecular formula is C17H29N3O7P+. The largest absolute Gasteiger partial charge is 0.573 e. The molecule has 1 amide bonds. The Morgan fingerprint density at radius 1 is 1.50 bits per heavy atom. The van der Waals surface area contributed by atoms with Crippen LogP contribution in [0.25, 0.3) is 0 Å². The number of rotatable bonds is 8. The van der Waals surface area contributed by atoms with Crippen molar-refractivity contribution in [2.24, 2.45) is 12.5 Å². The smallest absolute Gasteiger partial charge is 0.469 e. The fourth-order valence-electron chi connectivity index (χ4n) is 2.74. The summed E-state index contributed by atoms with van der Waals surface area (Å²) in [4.78, 5) is 34.4. The van der Waals surface area contributed by atoms with Crippen molar-refractivity contribution in [2.45, 2.75) is 46.3 Å². The fraction of sp³-hybridized carbons (Fsp3) is 0.706. The number of hydrogen-bond acceptors (Lipinski definition) is 8. The number of nitrogens with one attached hydrogen (secondary N) is 1. The maximum Gasteiger partial charge on any atom is 0.573 e. The summed E-state index contributed by atoms with van der Waals surface area (Å²) in [5.41, 5.74) is 0.978. The van der Waals surface area contributed by atoms with E-state index >= 15 is 0 Å². The van der Waals surface area contributed by atoms with Gasteiger partial charge in [0.2, 0.25) is 0 Å². The van der Waals surface area contributed by atoms with Crippen LogP contribution in [0, 0.1) is 5.41 Å². The minimum atomic E-state index is -3.69. The highest BCUT2D eigenvalue weighted by Gasteiger charge is 2.59. The van der Waals surface area contributed by atoms with Gasteiger partial charge in [0.25, 0.3) is 5.91 Å². The molecule has 0 aromatic carbocycles. The van der Waals surface area contributed by atoms with Gasteiger partial charge in [-0.3, -0.25) is 14.3 Å². The third-order valence-corrected chi connectivity index (χ3v) is 5.74. The first-order valence-corrected chi connectivity index (χ1v) is 10.5. The average Bonchev–Trinajstić information content (AvgIpc) is 3.02. The summed E-state index contributed by atoms with van der Waals surface area (Å²) in [6.45, 7) is 5.79. The normalized spacial score (nSPS) is 24.0. The molecule has 11 heteroatoms. The van der Waals surface area contributed by atoms with Gasteiger partial charge in [0, 0.05) is 30.8 Å². The van der Waals surface area contributed by atoms with Gasteiger partial charge in [-0.15, -0.1) is 9.05 Å². The number of carbonyl (C=O) groups excluding carboxylic acids is 2. The van der Waals surface area contributed by atoms with Gasteiger partial charge in [-0.2, -0.15) is 14.5 Å². The second kappa shape index (κ2) is 9.28. The molecule has 1 aliphatic heterocycles. The van der Waals surface area contributed by atoms with E-state index in [2.05, 4.69) is 15.2 Å². The molecule has 2 rings (SSSR count). The number of carbonyl (C=O) groups is 2. The maximum absolute atomic E-state index is 12.5. The molecule has 10 nitrogen and oxygen atoms in total. The van der Waals surface area contributed by atoms with Crippen LogP contribution in [0.1, 0.15) is 38.4 Å². The van der Waals surface area contributed by atoms with Gasteiger partial charge in [0.1, 0.15) is 13.2 Å². The Labute approximate surface area is 165 Å². The number of esters is 1. The van der Waals surface area contributed by atoms with Gasteiger partial charge in [0.05, 0.1) is 19.2 Å². The molecule has 1 aliphatic rings. The highest BCUT2D eigenvalue weighted by atomic mass is 31.2. The Kier molecular flexibility index (Phi) is 7.52. The van der Waals surface area contributed by atoms with Gasteiger partial charge in [-0.05, 0) is 6.42 Å². The summed E-state index contributed by atoms with van der Waals surface area (Å²) in [6, 6.07) is 0. The molecule has 1 aromatic rings. The molecule has 2 N–H and O–H groups in total. The second-order valence-electron chi connectivity index (χ2n) is 7.23. The number of ether oxygens (including phenoxy) is 1. The Bertz CT molecular complexity index is 709. The SMILES string of the molecule is CCc1nn(C)cc1CO[P+]1(O)OCC(C)(C)[C@H](C(=O)NCCC(=O)OC)O1. The van der Waals surface area contributed by atoms with Gasteiger partial charge in [0.15, 0.2) is 6.10 Å². The average molecular weight is 418 g/mol. The van der Waals surface area contributed by atoms with Crippen molar-refractivity contribution in [3.63, 3.8) is 0 Å². The molecule has 28 heavy (non-hydrogen) atoms. The van der Waals surface area contributed by atoms with Gasteiger partial charge in [-0.1, -0.05) is 20.8 Å². The molecule has 1 aromatic heterocycles. The zero-order valence-electron chi connectivity index (χ0n) is 16.9. The van der Waals surface area contributed by atoms with E-state index < -0.39 is 31.6 Å². The number of nitrogens with zero attached hydrogens (tertiary/aromatic N) is 2. The maximum atomic E-state index is 12.5. The molecule has 2 heterocycles. The van der Waals surface area contributed by atoms with Crippen LogP contribution in [0.2, 0.25) is 0 Å². The van der Waals surface area contributed by atoms with E-state index in [0.717, 1.165) is 17.7 Å². The van der Waals surface area contributed by atoms with E-state index in [-0.39, 0.29) is 26.2 Å². The van der Waals surface area contributed by atoms with Crippen molar-refractivity contribution < 1.29 is 32.8 Å². The van der Waals surface area contributed by atoms with Gasteiger partial charge in [-0.25, -0.2) is 0 Å². The summed E-state index contributed by atoms with van der Waals surface area (Å²) < 4.78 is 22.8. The Balaban J connectivity index is 2.00. The summed E-state index contributed by atoms with van der Waals surface area (Å²) in [7, 11) is -0.603. The van der Waals surface area contributed by atoms with E-state index in [4.69, 9.17) is 13.6 Å². The van der Waals surface area contributed by atoms with Crippen LogP contribution < -0.4 is 5.32 Å². The zero-order chi connectivity index (χ0) is 20.9. The van der Waals surface area contributed by atoms with Crippen LogP contribution in [-0.4, -0.2) is 52.9 Å². The van der Waals surface area contributed by atoms with Gasteiger partial charge < -0.3 is 10.1 Å². The van der Waals surface area contributed by atoms with Gasteiger partial charge >= 0.3 is 14.1 Å². The quantitative estimate of drug-likeness (QED) is 0.479. The first kappa shape index (κ1) is 22.7. The molecule has 1 saturated heterocycles. The van der Waals surface area contributed by atoms with Crippen LogP contribution >= 0.6 is 8.17 Å². The molecule has 0 aliphatic carbocycles. The summed E-state index contributed by atoms with van der Waals surface area (Å²) in [6.07, 6.45) is 1.58. The van der Waals surface area contributed by atoms with E-state index in [0.29, 0.717) is 0 Å². The summed E-state index contributed by atoms with van der Waals surface area (Å²) in [5, 5.41) is 6.94. The predicted octanol–water partition coefficient (Wildman–Crippen LogP) is 1.29. The Morgan fingerprint density at radius 3 is 2.86 bits per heavy atom. The number of amides is 1. The molecule has 0 bridgehead atoms. The van der Waals surface area contributed by atoms with Crippen molar-refractivity contribution in [3.05, 3.63) is 17.5 Å². The molecule has 0 radical (unpaired) electrons. The van der Waals surface area contributed by atoms with Crippen molar-refractivity contribution in [1.82, 2.24) is 15.1 Å². The van der Waals surface area contributed by atoms with E-state index in [9.17, 15) is 14.5 Å².